The normalized spacial score (nSPS) is 20.2. The number of β-amino-alcohol motifs (C(OH)–C–C–N with tert-alkyl or cyclic N) is 1. The minimum Gasteiger partial charge on any atom is -0.478 e. The maximum Gasteiger partial charge on any atom is 0.337 e. The Balaban J connectivity index is 2.22. The molecule has 2 rings (SSSR count). The second-order valence-corrected chi connectivity index (χ2v) is 3.57. The number of aliphatic hydroxyl groups excluding tert-OH is 1. The highest BCUT2D eigenvalue weighted by Gasteiger charge is 2.29. The fourth-order valence-corrected chi connectivity index (χ4v) is 1.58. The van der Waals surface area contributed by atoms with Gasteiger partial charge in [0.2, 0.25) is 5.91 Å². The zero-order chi connectivity index (χ0) is 11.7. The van der Waals surface area contributed by atoms with Crippen molar-refractivity contribution >= 4 is 17.7 Å². The molecule has 1 aromatic rings. The fraction of sp³-hybridized carbons (Fsp3) is 0.300. The van der Waals surface area contributed by atoms with Gasteiger partial charge in [0.05, 0.1) is 24.6 Å². The number of anilines is 1. The lowest BCUT2D eigenvalue weighted by Gasteiger charge is -2.14. The second-order valence-electron chi connectivity index (χ2n) is 3.57. The van der Waals surface area contributed by atoms with Crippen LogP contribution in [-0.4, -0.2) is 39.7 Å². The van der Waals surface area contributed by atoms with Crippen molar-refractivity contribution in [3.63, 3.8) is 0 Å². The van der Waals surface area contributed by atoms with Crippen LogP contribution in [0, 0.1) is 0 Å². The summed E-state index contributed by atoms with van der Waals surface area (Å²) in [6, 6.07) is 2.84. The van der Waals surface area contributed by atoms with Gasteiger partial charge in [-0.3, -0.25) is 9.69 Å². The number of hydrogen-bond donors (Lipinski definition) is 2. The monoisotopic (exact) mass is 222 g/mol. The molecule has 1 aliphatic rings. The van der Waals surface area contributed by atoms with Gasteiger partial charge < -0.3 is 10.2 Å². The largest absolute Gasteiger partial charge is 0.478 e. The summed E-state index contributed by atoms with van der Waals surface area (Å²) >= 11 is 0. The van der Waals surface area contributed by atoms with E-state index >= 15 is 0 Å². The first-order valence-corrected chi connectivity index (χ1v) is 4.75. The van der Waals surface area contributed by atoms with Gasteiger partial charge in [0.15, 0.2) is 0 Å². The number of carboxylic acids is 1. The van der Waals surface area contributed by atoms with E-state index in [2.05, 4.69) is 4.98 Å². The molecule has 1 saturated heterocycles. The Morgan fingerprint density at radius 2 is 2.25 bits per heavy atom. The molecular formula is C10H10N2O4. The Bertz CT molecular complexity index is 429. The van der Waals surface area contributed by atoms with Gasteiger partial charge in [-0.25, -0.2) is 9.78 Å². The smallest absolute Gasteiger partial charge is 0.337 e. The van der Waals surface area contributed by atoms with E-state index in [1.54, 1.807) is 0 Å². The number of carbonyl (C=O) groups excluding carboxylic acids is 1. The lowest BCUT2D eigenvalue weighted by atomic mass is 10.3. The van der Waals surface area contributed by atoms with Crippen LogP contribution in [0.2, 0.25) is 0 Å². The third-order valence-electron chi connectivity index (χ3n) is 2.38. The van der Waals surface area contributed by atoms with E-state index in [-0.39, 0.29) is 24.4 Å². The van der Waals surface area contributed by atoms with Gasteiger partial charge in [0, 0.05) is 6.20 Å². The average molecular weight is 222 g/mol. The molecule has 6 nitrogen and oxygen atoms in total. The molecule has 0 radical (unpaired) electrons. The summed E-state index contributed by atoms with van der Waals surface area (Å²) in [7, 11) is 0. The first kappa shape index (κ1) is 10.6. The van der Waals surface area contributed by atoms with Crippen LogP contribution in [0.1, 0.15) is 16.8 Å². The number of carboxylic acid groups (broad SMARTS) is 1. The van der Waals surface area contributed by atoms with Crippen molar-refractivity contribution in [1.29, 1.82) is 0 Å². The van der Waals surface area contributed by atoms with Crippen molar-refractivity contribution in [2.45, 2.75) is 12.5 Å². The molecule has 0 aliphatic carbocycles. The maximum atomic E-state index is 11.4. The van der Waals surface area contributed by atoms with Gasteiger partial charge in [-0.1, -0.05) is 0 Å². The van der Waals surface area contributed by atoms with E-state index in [9.17, 15) is 14.7 Å². The van der Waals surface area contributed by atoms with Crippen LogP contribution in [0.5, 0.6) is 0 Å². The summed E-state index contributed by atoms with van der Waals surface area (Å²) in [6.45, 7) is 0.207. The molecule has 2 N–H and O–H groups in total. The number of rotatable bonds is 2. The predicted molar refractivity (Wildman–Crippen MR) is 54.2 cm³/mol. The SMILES string of the molecule is O=C(O)c1ccc(N2CC(O)CC2=O)nc1. The molecule has 1 atom stereocenters. The Hall–Kier alpha value is -1.95. The highest BCUT2D eigenvalue weighted by atomic mass is 16.4. The lowest BCUT2D eigenvalue weighted by Crippen LogP contribution is -2.26. The zero-order valence-corrected chi connectivity index (χ0v) is 8.33. The van der Waals surface area contributed by atoms with E-state index in [0.717, 1.165) is 0 Å². The average Bonchev–Trinajstić information content (AvgIpc) is 2.58. The van der Waals surface area contributed by atoms with Crippen molar-refractivity contribution in [2.24, 2.45) is 0 Å². The molecule has 2 heterocycles. The molecule has 0 bridgehead atoms. The van der Waals surface area contributed by atoms with Crippen LogP contribution >= 0.6 is 0 Å². The molecule has 1 aliphatic heterocycles. The quantitative estimate of drug-likeness (QED) is 0.727. The third kappa shape index (κ3) is 1.87. The highest BCUT2D eigenvalue weighted by Crippen LogP contribution is 2.19. The Morgan fingerprint density at radius 1 is 1.50 bits per heavy atom. The van der Waals surface area contributed by atoms with Gasteiger partial charge in [0.1, 0.15) is 5.82 Å². The van der Waals surface area contributed by atoms with E-state index in [0.29, 0.717) is 5.82 Å². The molecule has 0 aromatic carbocycles. The molecule has 1 aromatic heterocycles. The predicted octanol–water partition coefficient (Wildman–Crippen LogP) is -0.123. The van der Waals surface area contributed by atoms with Crippen molar-refractivity contribution < 1.29 is 19.8 Å². The first-order valence-electron chi connectivity index (χ1n) is 4.75. The van der Waals surface area contributed by atoms with Crippen LogP contribution < -0.4 is 4.90 Å². The van der Waals surface area contributed by atoms with Gasteiger partial charge in [-0.2, -0.15) is 0 Å². The van der Waals surface area contributed by atoms with Gasteiger partial charge >= 0.3 is 5.97 Å². The Morgan fingerprint density at radius 3 is 2.69 bits per heavy atom. The molecule has 6 heteroatoms. The summed E-state index contributed by atoms with van der Waals surface area (Å²) in [4.78, 5) is 27.2. The van der Waals surface area contributed by atoms with E-state index < -0.39 is 12.1 Å². The summed E-state index contributed by atoms with van der Waals surface area (Å²) in [6.07, 6.45) is 0.603. The number of hydrogen-bond acceptors (Lipinski definition) is 4. The molecule has 1 unspecified atom stereocenters. The van der Waals surface area contributed by atoms with Crippen molar-refractivity contribution in [3.8, 4) is 0 Å². The van der Waals surface area contributed by atoms with Crippen molar-refractivity contribution in [1.82, 2.24) is 4.98 Å². The van der Waals surface area contributed by atoms with Crippen LogP contribution in [0.4, 0.5) is 5.82 Å². The van der Waals surface area contributed by atoms with Crippen LogP contribution in [-0.2, 0) is 4.79 Å². The third-order valence-corrected chi connectivity index (χ3v) is 2.38. The number of amides is 1. The summed E-state index contributed by atoms with van der Waals surface area (Å²) in [5.41, 5.74) is 0.0657. The second kappa shape index (κ2) is 3.90. The van der Waals surface area contributed by atoms with E-state index in [1.165, 1.54) is 23.2 Å². The Kier molecular flexibility index (Phi) is 2.57. The van der Waals surface area contributed by atoms with Crippen molar-refractivity contribution in [2.75, 3.05) is 11.4 Å². The number of aromatic carboxylic acids is 1. The molecule has 1 fully saturated rings. The molecular weight excluding hydrogens is 212 g/mol. The van der Waals surface area contributed by atoms with Crippen LogP contribution in [0.25, 0.3) is 0 Å². The number of aliphatic hydroxyl groups is 1. The van der Waals surface area contributed by atoms with E-state index in [1.807, 2.05) is 0 Å². The van der Waals surface area contributed by atoms with E-state index in [4.69, 9.17) is 5.11 Å². The summed E-state index contributed by atoms with van der Waals surface area (Å²) < 4.78 is 0. The molecule has 0 saturated carbocycles. The number of pyridine rings is 1. The van der Waals surface area contributed by atoms with Gasteiger partial charge in [-0.05, 0) is 12.1 Å². The summed E-state index contributed by atoms with van der Waals surface area (Å²) in [5, 5.41) is 18.0. The molecule has 16 heavy (non-hydrogen) atoms. The van der Waals surface area contributed by atoms with Crippen LogP contribution in [0.3, 0.4) is 0 Å². The number of carbonyl (C=O) groups is 2. The minimum atomic E-state index is -1.06. The fourth-order valence-electron chi connectivity index (χ4n) is 1.58. The molecule has 1 amide bonds. The van der Waals surface area contributed by atoms with Gasteiger partial charge in [0.25, 0.3) is 0 Å². The van der Waals surface area contributed by atoms with Crippen molar-refractivity contribution in [3.05, 3.63) is 23.9 Å². The maximum absolute atomic E-state index is 11.4. The number of nitrogens with zero attached hydrogens (tertiary/aromatic N) is 2. The topological polar surface area (TPSA) is 90.7 Å². The van der Waals surface area contributed by atoms with Crippen LogP contribution in [0.15, 0.2) is 18.3 Å². The highest BCUT2D eigenvalue weighted by molar-refractivity contribution is 5.95. The first-order chi connectivity index (χ1) is 7.58. The van der Waals surface area contributed by atoms with Gasteiger partial charge in [-0.15, -0.1) is 0 Å². The Labute approximate surface area is 91.1 Å². The number of aromatic nitrogens is 1. The standard InChI is InChI=1S/C10H10N2O4/c13-7-3-9(14)12(5-7)8-2-1-6(4-11-8)10(15)16/h1-2,4,7,13H,3,5H2,(H,15,16). The summed E-state index contributed by atoms with van der Waals surface area (Å²) in [5.74, 6) is -0.901. The lowest BCUT2D eigenvalue weighted by molar-refractivity contribution is -0.117. The zero-order valence-electron chi connectivity index (χ0n) is 8.33. The molecule has 0 spiro atoms. The minimum absolute atomic E-state index is 0.0657. The molecule has 84 valence electrons.